The van der Waals surface area contributed by atoms with E-state index in [0.717, 1.165) is 17.8 Å². The Balaban J connectivity index is 2.96. The van der Waals surface area contributed by atoms with Crippen molar-refractivity contribution in [3.05, 3.63) is 15.8 Å². The molecule has 7 heteroatoms. The lowest BCUT2D eigenvalue weighted by Crippen LogP contribution is -2.37. The number of thiophene rings is 1. The summed E-state index contributed by atoms with van der Waals surface area (Å²) < 4.78 is 22.6. The molecule has 0 aliphatic heterocycles. The van der Waals surface area contributed by atoms with Gasteiger partial charge in [0.2, 0.25) is 0 Å². The molecule has 0 saturated heterocycles. The number of carbonyl (C=O) groups excluding carboxylic acids is 1. The first-order valence-corrected chi connectivity index (χ1v) is 9.15. The van der Waals surface area contributed by atoms with Gasteiger partial charge in [-0.25, -0.2) is 8.42 Å². The van der Waals surface area contributed by atoms with Crippen molar-refractivity contribution in [2.45, 2.75) is 45.1 Å². The van der Waals surface area contributed by atoms with Crippen molar-refractivity contribution < 1.29 is 13.2 Å². The molecule has 1 unspecified atom stereocenters. The molecule has 4 nitrogen and oxygen atoms in total. The number of aryl methyl sites for hydroxylation is 1. The van der Waals surface area contributed by atoms with Gasteiger partial charge in [-0.05, 0) is 25.3 Å². The first kappa shape index (κ1) is 16.5. The Labute approximate surface area is 122 Å². The van der Waals surface area contributed by atoms with Crippen LogP contribution in [0.25, 0.3) is 0 Å². The zero-order valence-electron chi connectivity index (χ0n) is 11.4. The fourth-order valence-electron chi connectivity index (χ4n) is 1.80. The maximum atomic E-state index is 12.1. The molecule has 1 aromatic rings. The molecular weight excluding hydrogens is 306 g/mol. The molecule has 1 atom stereocenters. The highest BCUT2D eigenvalue weighted by molar-refractivity contribution is 8.13. The summed E-state index contributed by atoms with van der Waals surface area (Å²) in [6.45, 7) is 7.70. The molecule has 1 heterocycles. The standard InChI is InChI=1S/C12H18ClNO3S2/c1-5-9(7(2)3)14-12(15)10-6-11(8(4)18-10)19(13,16)17/h6-7,9H,5H2,1-4H3,(H,14,15). The van der Waals surface area contributed by atoms with Gasteiger partial charge in [0.25, 0.3) is 15.0 Å². The fraction of sp³-hybridized carbons (Fsp3) is 0.583. The molecule has 0 bridgehead atoms. The van der Waals surface area contributed by atoms with Crippen molar-refractivity contribution in [2.24, 2.45) is 5.92 Å². The molecule has 0 fully saturated rings. The Morgan fingerprint density at radius 3 is 2.42 bits per heavy atom. The van der Waals surface area contributed by atoms with E-state index in [1.165, 1.54) is 6.07 Å². The molecule has 0 saturated carbocycles. The number of carbonyl (C=O) groups is 1. The van der Waals surface area contributed by atoms with Crippen molar-refractivity contribution in [1.82, 2.24) is 5.32 Å². The first-order chi connectivity index (χ1) is 8.66. The van der Waals surface area contributed by atoms with E-state index in [0.29, 0.717) is 15.7 Å². The maximum absolute atomic E-state index is 12.1. The SMILES string of the molecule is CCC(NC(=O)c1cc(S(=O)(=O)Cl)c(C)s1)C(C)C. The van der Waals surface area contributed by atoms with Gasteiger partial charge in [0.05, 0.1) is 9.77 Å². The topological polar surface area (TPSA) is 63.2 Å². The molecule has 1 amide bonds. The quantitative estimate of drug-likeness (QED) is 0.847. The van der Waals surface area contributed by atoms with Gasteiger partial charge in [-0.1, -0.05) is 20.8 Å². The summed E-state index contributed by atoms with van der Waals surface area (Å²) in [7, 11) is 1.52. The van der Waals surface area contributed by atoms with E-state index in [1.54, 1.807) is 6.92 Å². The van der Waals surface area contributed by atoms with Gasteiger partial charge in [-0.3, -0.25) is 4.79 Å². The Morgan fingerprint density at radius 1 is 1.47 bits per heavy atom. The average Bonchev–Trinajstić information content (AvgIpc) is 2.67. The number of halogens is 1. The van der Waals surface area contributed by atoms with Crippen LogP contribution in [-0.4, -0.2) is 20.4 Å². The highest BCUT2D eigenvalue weighted by Crippen LogP contribution is 2.28. The molecular formula is C12H18ClNO3S2. The molecule has 0 aliphatic rings. The lowest BCUT2D eigenvalue weighted by molar-refractivity contribution is 0.0928. The van der Waals surface area contributed by atoms with Crippen molar-refractivity contribution in [3.8, 4) is 0 Å². The summed E-state index contributed by atoms with van der Waals surface area (Å²) >= 11 is 1.14. The second-order valence-electron chi connectivity index (χ2n) is 4.70. The summed E-state index contributed by atoms with van der Waals surface area (Å²) in [6, 6.07) is 1.41. The van der Waals surface area contributed by atoms with Crippen LogP contribution in [0, 0.1) is 12.8 Å². The highest BCUT2D eigenvalue weighted by Gasteiger charge is 2.22. The van der Waals surface area contributed by atoms with Gasteiger partial charge in [0.15, 0.2) is 0 Å². The monoisotopic (exact) mass is 323 g/mol. The van der Waals surface area contributed by atoms with E-state index >= 15 is 0 Å². The van der Waals surface area contributed by atoms with Crippen LogP contribution in [0.3, 0.4) is 0 Å². The minimum Gasteiger partial charge on any atom is -0.348 e. The van der Waals surface area contributed by atoms with Crippen molar-refractivity contribution in [3.63, 3.8) is 0 Å². The van der Waals surface area contributed by atoms with Crippen LogP contribution in [0.15, 0.2) is 11.0 Å². The number of hydrogen-bond donors (Lipinski definition) is 1. The summed E-state index contributed by atoms with van der Waals surface area (Å²) in [5.41, 5.74) is 0. The van der Waals surface area contributed by atoms with Crippen LogP contribution in [-0.2, 0) is 9.05 Å². The van der Waals surface area contributed by atoms with Crippen molar-refractivity contribution in [2.75, 3.05) is 0 Å². The number of hydrogen-bond acceptors (Lipinski definition) is 4. The molecule has 0 aliphatic carbocycles. The third kappa shape index (κ3) is 4.19. The van der Waals surface area contributed by atoms with Gasteiger partial charge in [-0.2, -0.15) is 0 Å². The zero-order chi connectivity index (χ0) is 14.8. The van der Waals surface area contributed by atoms with Gasteiger partial charge < -0.3 is 5.32 Å². The summed E-state index contributed by atoms with van der Waals surface area (Å²) in [4.78, 5) is 13.0. The lowest BCUT2D eigenvalue weighted by Gasteiger charge is -2.20. The van der Waals surface area contributed by atoms with E-state index < -0.39 is 9.05 Å². The van der Waals surface area contributed by atoms with Crippen LogP contribution in [0.5, 0.6) is 0 Å². The molecule has 1 aromatic heterocycles. The molecule has 0 spiro atoms. The normalized spacial score (nSPS) is 13.6. The van der Waals surface area contributed by atoms with E-state index in [-0.39, 0.29) is 16.8 Å². The van der Waals surface area contributed by atoms with Crippen LogP contribution >= 0.6 is 22.0 Å². The Bertz CT molecular complexity index is 564. The van der Waals surface area contributed by atoms with Gasteiger partial charge in [0, 0.05) is 21.6 Å². The Hall–Kier alpha value is -0.590. The Morgan fingerprint density at radius 2 is 2.05 bits per heavy atom. The minimum absolute atomic E-state index is 0.0157. The van der Waals surface area contributed by atoms with Crippen LogP contribution in [0.2, 0.25) is 0 Å². The molecule has 0 radical (unpaired) electrons. The smallest absolute Gasteiger partial charge is 0.262 e. The van der Waals surface area contributed by atoms with E-state index in [4.69, 9.17) is 10.7 Å². The minimum atomic E-state index is -3.79. The predicted molar refractivity (Wildman–Crippen MR) is 78.5 cm³/mol. The lowest BCUT2D eigenvalue weighted by atomic mass is 10.0. The molecule has 1 N–H and O–H groups in total. The van der Waals surface area contributed by atoms with E-state index in [9.17, 15) is 13.2 Å². The van der Waals surface area contributed by atoms with E-state index in [1.807, 2.05) is 20.8 Å². The molecule has 19 heavy (non-hydrogen) atoms. The Kier molecular flexibility index (Phi) is 5.41. The van der Waals surface area contributed by atoms with Crippen LogP contribution in [0.4, 0.5) is 0 Å². The largest absolute Gasteiger partial charge is 0.348 e. The third-order valence-electron chi connectivity index (χ3n) is 2.92. The number of amides is 1. The molecule has 0 aromatic carbocycles. The summed E-state index contributed by atoms with van der Waals surface area (Å²) in [6.07, 6.45) is 0.828. The van der Waals surface area contributed by atoms with Crippen LogP contribution < -0.4 is 5.32 Å². The van der Waals surface area contributed by atoms with Crippen molar-refractivity contribution >= 4 is 37.0 Å². The maximum Gasteiger partial charge on any atom is 0.262 e. The molecule has 1 rings (SSSR count). The van der Waals surface area contributed by atoms with Gasteiger partial charge in [-0.15, -0.1) is 11.3 Å². The average molecular weight is 324 g/mol. The first-order valence-electron chi connectivity index (χ1n) is 6.02. The summed E-state index contributed by atoms with van der Waals surface area (Å²) in [5.74, 6) is 0.0754. The number of nitrogens with one attached hydrogen (secondary N) is 1. The van der Waals surface area contributed by atoms with Crippen molar-refractivity contribution in [1.29, 1.82) is 0 Å². The predicted octanol–water partition coefficient (Wildman–Crippen LogP) is 3.15. The van der Waals surface area contributed by atoms with E-state index in [2.05, 4.69) is 5.32 Å². The second kappa shape index (κ2) is 6.24. The second-order valence-corrected chi connectivity index (χ2v) is 8.49. The summed E-state index contributed by atoms with van der Waals surface area (Å²) in [5, 5.41) is 2.91. The highest BCUT2D eigenvalue weighted by atomic mass is 35.7. The number of rotatable bonds is 5. The molecule has 108 valence electrons. The third-order valence-corrected chi connectivity index (χ3v) is 5.55. The fourth-order valence-corrected chi connectivity index (χ4v) is 4.37. The van der Waals surface area contributed by atoms with Gasteiger partial charge in [0.1, 0.15) is 0 Å². The zero-order valence-corrected chi connectivity index (χ0v) is 13.7. The van der Waals surface area contributed by atoms with Crippen LogP contribution in [0.1, 0.15) is 41.7 Å². The van der Waals surface area contributed by atoms with Gasteiger partial charge >= 0.3 is 0 Å².